The highest BCUT2D eigenvalue weighted by Gasteiger charge is 2.39. The van der Waals surface area contributed by atoms with E-state index in [1.54, 1.807) is 43.0 Å². The Morgan fingerprint density at radius 2 is 1.86 bits per heavy atom. The lowest BCUT2D eigenvalue weighted by atomic mass is 9.80. The molecule has 1 aromatic carbocycles. The van der Waals surface area contributed by atoms with Crippen LogP contribution in [-0.4, -0.2) is 87.8 Å². The van der Waals surface area contributed by atoms with Gasteiger partial charge in [0.15, 0.2) is 0 Å². The highest BCUT2D eigenvalue weighted by Crippen LogP contribution is 2.41. The smallest absolute Gasteiger partial charge is 0.336 e. The molecule has 1 unspecified atom stereocenters. The van der Waals surface area contributed by atoms with Gasteiger partial charge in [-0.25, -0.2) is 9.59 Å². The van der Waals surface area contributed by atoms with Crippen molar-refractivity contribution in [2.45, 2.75) is 19.8 Å². The fourth-order valence-electron chi connectivity index (χ4n) is 4.32. The minimum Gasteiger partial charge on any atom is -0.466 e. The minimum atomic E-state index is -0.772. The Bertz CT molecular complexity index is 1000. The second-order valence-corrected chi connectivity index (χ2v) is 8.67. The number of esters is 2. The number of nitrogens with zero attached hydrogens (tertiary/aromatic N) is 2. The predicted octanol–water partition coefficient (Wildman–Crippen LogP) is 2.08. The first-order valence-electron chi connectivity index (χ1n) is 11.6. The Labute approximate surface area is 210 Å². The molecule has 0 bridgehead atoms. The molecule has 9 nitrogen and oxygen atoms in total. The van der Waals surface area contributed by atoms with Crippen LogP contribution in [0.25, 0.3) is 0 Å². The molecule has 1 atom stereocenters. The Morgan fingerprint density at radius 3 is 2.49 bits per heavy atom. The van der Waals surface area contributed by atoms with E-state index in [1.165, 1.54) is 7.11 Å². The van der Waals surface area contributed by atoms with Crippen LogP contribution in [0, 0.1) is 0 Å². The number of piperazine rings is 1. The van der Waals surface area contributed by atoms with Gasteiger partial charge < -0.3 is 24.4 Å². The molecule has 2 aliphatic heterocycles. The van der Waals surface area contributed by atoms with Crippen molar-refractivity contribution in [1.82, 2.24) is 15.1 Å². The maximum atomic E-state index is 13.2. The molecule has 0 aliphatic carbocycles. The number of rotatable bonds is 10. The summed E-state index contributed by atoms with van der Waals surface area (Å²) in [4.78, 5) is 40.8. The number of ether oxygens (including phenoxy) is 3. The van der Waals surface area contributed by atoms with Gasteiger partial charge in [0.05, 0.1) is 49.7 Å². The van der Waals surface area contributed by atoms with Crippen molar-refractivity contribution in [2.24, 2.45) is 0 Å². The van der Waals surface area contributed by atoms with Crippen LogP contribution < -0.4 is 5.32 Å². The molecule has 35 heavy (non-hydrogen) atoms. The van der Waals surface area contributed by atoms with E-state index in [4.69, 9.17) is 25.8 Å². The molecule has 1 saturated heterocycles. The quantitative estimate of drug-likeness (QED) is 0.293. The molecule has 1 amide bonds. The van der Waals surface area contributed by atoms with Crippen molar-refractivity contribution in [3.63, 3.8) is 0 Å². The molecule has 1 N–H and O–H groups in total. The van der Waals surface area contributed by atoms with Crippen molar-refractivity contribution in [1.29, 1.82) is 0 Å². The monoisotopic (exact) mass is 505 g/mol. The van der Waals surface area contributed by atoms with Crippen molar-refractivity contribution in [3.8, 4) is 0 Å². The second kappa shape index (κ2) is 12.7. The topological polar surface area (TPSA) is 97.4 Å². The van der Waals surface area contributed by atoms with Crippen LogP contribution in [0.15, 0.2) is 46.8 Å². The summed E-state index contributed by atoms with van der Waals surface area (Å²) in [5, 5.41) is 3.59. The van der Waals surface area contributed by atoms with Crippen LogP contribution >= 0.6 is 11.6 Å². The summed E-state index contributed by atoms with van der Waals surface area (Å²) >= 11 is 6.52. The van der Waals surface area contributed by atoms with Gasteiger partial charge in [-0.3, -0.25) is 9.69 Å². The Kier molecular flexibility index (Phi) is 9.71. The van der Waals surface area contributed by atoms with Gasteiger partial charge >= 0.3 is 11.9 Å². The van der Waals surface area contributed by atoms with E-state index in [0.717, 1.165) is 19.5 Å². The highest BCUT2D eigenvalue weighted by molar-refractivity contribution is 6.31. The molecule has 2 heterocycles. The number of methoxy groups -OCH3 is 1. The van der Waals surface area contributed by atoms with Gasteiger partial charge in [-0.05, 0) is 25.5 Å². The molecule has 0 saturated carbocycles. The largest absolute Gasteiger partial charge is 0.466 e. The highest BCUT2D eigenvalue weighted by atomic mass is 35.5. The van der Waals surface area contributed by atoms with Crippen LogP contribution in [0.5, 0.6) is 0 Å². The molecule has 190 valence electrons. The number of hydrogen-bond acceptors (Lipinski definition) is 8. The SMILES string of the molecule is CCOC(=O)C1=C(COCCN2CCN(C=O)CC2)NC(C)=C(C(=O)OC)C1c1ccccc1Cl. The lowest BCUT2D eigenvalue weighted by Crippen LogP contribution is -2.46. The summed E-state index contributed by atoms with van der Waals surface area (Å²) in [6.07, 6.45) is 0.875. The normalized spacial score (nSPS) is 18.9. The fraction of sp³-hybridized carbons (Fsp3) is 0.480. The van der Waals surface area contributed by atoms with Gasteiger partial charge in [-0.2, -0.15) is 0 Å². The van der Waals surface area contributed by atoms with Gasteiger partial charge in [0.1, 0.15) is 0 Å². The van der Waals surface area contributed by atoms with E-state index in [9.17, 15) is 14.4 Å². The average Bonchev–Trinajstić information content (AvgIpc) is 2.86. The predicted molar refractivity (Wildman–Crippen MR) is 131 cm³/mol. The number of hydrogen-bond donors (Lipinski definition) is 1. The van der Waals surface area contributed by atoms with E-state index < -0.39 is 17.9 Å². The molecular weight excluding hydrogens is 474 g/mol. The minimum absolute atomic E-state index is 0.120. The molecule has 0 radical (unpaired) electrons. The third-order valence-corrected chi connectivity index (χ3v) is 6.46. The third-order valence-electron chi connectivity index (χ3n) is 6.12. The van der Waals surface area contributed by atoms with Crippen molar-refractivity contribution in [2.75, 3.05) is 59.7 Å². The average molecular weight is 506 g/mol. The molecule has 10 heteroatoms. The number of halogens is 1. The summed E-state index contributed by atoms with van der Waals surface area (Å²) in [5.41, 5.74) is 2.23. The number of amides is 1. The van der Waals surface area contributed by atoms with Gasteiger partial charge in [0, 0.05) is 43.4 Å². The summed E-state index contributed by atoms with van der Waals surface area (Å²) in [5.74, 6) is -1.88. The summed E-state index contributed by atoms with van der Waals surface area (Å²) in [7, 11) is 1.30. The Hall–Kier alpha value is -2.88. The molecule has 1 fully saturated rings. The maximum absolute atomic E-state index is 13.2. The fourth-order valence-corrected chi connectivity index (χ4v) is 4.57. The van der Waals surface area contributed by atoms with Crippen LogP contribution in [0.1, 0.15) is 25.3 Å². The van der Waals surface area contributed by atoms with E-state index >= 15 is 0 Å². The van der Waals surface area contributed by atoms with Gasteiger partial charge in [0.25, 0.3) is 0 Å². The molecule has 2 aliphatic rings. The van der Waals surface area contributed by atoms with Crippen LogP contribution in [0.4, 0.5) is 0 Å². The first kappa shape index (κ1) is 26.7. The lowest BCUT2D eigenvalue weighted by molar-refractivity contribution is -0.139. The van der Waals surface area contributed by atoms with Gasteiger partial charge in [0.2, 0.25) is 6.41 Å². The Balaban J connectivity index is 1.86. The van der Waals surface area contributed by atoms with E-state index in [2.05, 4.69) is 10.2 Å². The molecule has 1 aromatic rings. The number of carbonyl (C=O) groups is 3. The van der Waals surface area contributed by atoms with Crippen LogP contribution in [0.3, 0.4) is 0 Å². The summed E-state index contributed by atoms with van der Waals surface area (Å²) in [6, 6.07) is 7.09. The molecular formula is C25H32ClN3O6. The molecule has 3 rings (SSSR count). The number of nitrogens with one attached hydrogen (secondary N) is 1. The number of dihydropyridines is 1. The second-order valence-electron chi connectivity index (χ2n) is 8.26. The molecule has 0 spiro atoms. The zero-order chi connectivity index (χ0) is 25.4. The number of benzene rings is 1. The van der Waals surface area contributed by atoms with Crippen LogP contribution in [-0.2, 0) is 28.6 Å². The van der Waals surface area contributed by atoms with Gasteiger partial charge in [-0.15, -0.1) is 0 Å². The summed E-state index contributed by atoms with van der Waals surface area (Å²) in [6.45, 7) is 7.88. The first-order chi connectivity index (χ1) is 16.9. The summed E-state index contributed by atoms with van der Waals surface area (Å²) < 4.78 is 16.4. The van der Waals surface area contributed by atoms with Gasteiger partial charge in [-0.1, -0.05) is 29.8 Å². The van der Waals surface area contributed by atoms with E-state index in [1.807, 2.05) is 0 Å². The first-order valence-corrected chi connectivity index (χ1v) is 12.0. The van der Waals surface area contributed by atoms with Crippen LogP contribution in [0.2, 0.25) is 5.02 Å². The zero-order valence-electron chi connectivity index (χ0n) is 20.3. The standard InChI is InChI=1S/C25H32ClN3O6/c1-4-35-25(32)23-20(15-34-14-13-28-9-11-29(16-30)12-10-28)27-17(2)21(24(31)33-3)22(23)18-7-5-6-8-19(18)26/h5-8,16,22,27H,4,9-15H2,1-3H3. The van der Waals surface area contributed by atoms with Crippen molar-refractivity contribution >= 4 is 29.9 Å². The number of carbonyl (C=O) groups excluding carboxylic acids is 3. The maximum Gasteiger partial charge on any atom is 0.336 e. The van der Waals surface area contributed by atoms with Crippen molar-refractivity contribution in [3.05, 3.63) is 57.4 Å². The lowest BCUT2D eigenvalue weighted by Gasteiger charge is -2.33. The van der Waals surface area contributed by atoms with E-state index in [0.29, 0.717) is 53.8 Å². The molecule has 0 aromatic heterocycles. The van der Waals surface area contributed by atoms with E-state index in [-0.39, 0.29) is 18.8 Å². The third kappa shape index (κ3) is 6.42. The van der Waals surface area contributed by atoms with Crippen molar-refractivity contribution < 1.29 is 28.6 Å². The Morgan fingerprint density at radius 1 is 1.14 bits per heavy atom. The zero-order valence-corrected chi connectivity index (χ0v) is 21.1. The number of allylic oxidation sites excluding steroid dienone is 1.